The standard InChI is InChI=1S/C19H19FN4/c1-2-24(14-15-7-4-3-5-8-15)18-11-12-21-19(23-18)22-17-10-6-9-16(20)13-17/h3-13H,2,14H2,1H3,(H,21,22,23). The number of benzene rings is 2. The number of halogens is 1. The van der Waals surface area contributed by atoms with Crippen LogP contribution in [-0.4, -0.2) is 16.5 Å². The lowest BCUT2D eigenvalue weighted by atomic mass is 10.2. The second-order valence-corrected chi connectivity index (χ2v) is 5.37. The first-order valence-electron chi connectivity index (χ1n) is 7.89. The van der Waals surface area contributed by atoms with Gasteiger partial charge in [0.1, 0.15) is 11.6 Å². The van der Waals surface area contributed by atoms with Gasteiger partial charge in [0.25, 0.3) is 0 Å². The summed E-state index contributed by atoms with van der Waals surface area (Å²) in [5, 5.41) is 3.04. The van der Waals surface area contributed by atoms with Crippen LogP contribution >= 0.6 is 0 Å². The Labute approximate surface area is 141 Å². The van der Waals surface area contributed by atoms with Crippen molar-refractivity contribution in [2.45, 2.75) is 13.5 Å². The molecule has 1 aromatic heterocycles. The van der Waals surface area contributed by atoms with Crippen LogP contribution in [0.1, 0.15) is 12.5 Å². The lowest BCUT2D eigenvalue weighted by Gasteiger charge is -2.22. The predicted octanol–water partition coefficient (Wildman–Crippen LogP) is 4.39. The minimum Gasteiger partial charge on any atom is -0.352 e. The molecular weight excluding hydrogens is 303 g/mol. The van der Waals surface area contributed by atoms with Crippen LogP contribution in [0.5, 0.6) is 0 Å². The highest BCUT2D eigenvalue weighted by molar-refractivity contribution is 5.55. The molecular formula is C19H19FN4. The monoisotopic (exact) mass is 322 g/mol. The molecule has 5 heteroatoms. The summed E-state index contributed by atoms with van der Waals surface area (Å²) >= 11 is 0. The first-order chi connectivity index (χ1) is 11.7. The molecule has 0 saturated heterocycles. The molecule has 0 aliphatic rings. The van der Waals surface area contributed by atoms with Gasteiger partial charge >= 0.3 is 0 Å². The van der Waals surface area contributed by atoms with Crippen molar-refractivity contribution >= 4 is 17.5 Å². The Kier molecular flexibility index (Phi) is 5.01. The van der Waals surface area contributed by atoms with Crippen LogP contribution in [0, 0.1) is 5.82 Å². The summed E-state index contributed by atoms with van der Waals surface area (Å²) in [6.07, 6.45) is 1.71. The number of aromatic nitrogens is 2. The number of nitrogens with zero attached hydrogens (tertiary/aromatic N) is 3. The Hall–Kier alpha value is -2.95. The van der Waals surface area contributed by atoms with Crippen molar-refractivity contribution in [1.82, 2.24) is 9.97 Å². The summed E-state index contributed by atoms with van der Waals surface area (Å²) in [5.74, 6) is 0.982. The second kappa shape index (κ2) is 7.55. The maximum atomic E-state index is 13.3. The van der Waals surface area contributed by atoms with Crippen LogP contribution in [0.15, 0.2) is 66.9 Å². The normalized spacial score (nSPS) is 10.4. The highest BCUT2D eigenvalue weighted by atomic mass is 19.1. The number of rotatable bonds is 6. The average Bonchev–Trinajstić information content (AvgIpc) is 2.61. The molecule has 0 amide bonds. The molecule has 0 radical (unpaired) electrons. The van der Waals surface area contributed by atoms with Crippen molar-refractivity contribution in [1.29, 1.82) is 0 Å². The maximum absolute atomic E-state index is 13.3. The summed E-state index contributed by atoms with van der Waals surface area (Å²) in [7, 11) is 0. The smallest absolute Gasteiger partial charge is 0.229 e. The van der Waals surface area contributed by atoms with Crippen LogP contribution in [0.3, 0.4) is 0 Å². The van der Waals surface area contributed by atoms with Gasteiger partial charge in [-0.2, -0.15) is 4.98 Å². The SMILES string of the molecule is CCN(Cc1ccccc1)c1ccnc(Nc2cccc(F)c2)n1. The molecule has 0 spiro atoms. The summed E-state index contributed by atoms with van der Waals surface area (Å²) in [6.45, 7) is 3.68. The van der Waals surface area contributed by atoms with Crippen molar-refractivity contribution < 1.29 is 4.39 Å². The summed E-state index contributed by atoms with van der Waals surface area (Å²) < 4.78 is 13.3. The van der Waals surface area contributed by atoms with Crippen molar-refractivity contribution in [3.8, 4) is 0 Å². The van der Waals surface area contributed by atoms with Gasteiger partial charge < -0.3 is 10.2 Å². The largest absolute Gasteiger partial charge is 0.352 e. The fourth-order valence-corrected chi connectivity index (χ4v) is 2.44. The molecule has 4 nitrogen and oxygen atoms in total. The van der Waals surface area contributed by atoms with Crippen molar-refractivity contribution in [2.75, 3.05) is 16.8 Å². The predicted molar refractivity (Wildman–Crippen MR) is 94.9 cm³/mol. The summed E-state index contributed by atoms with van der Waals surface area (Å²) in [6, 6.07) is 18.4. The van der Waals surface area contributed by atoms with Gasteiger partial charge in [0.05, 0.1) is 0 Å². The number of nitrogens with one attached hydrogen (secondary N) is 1. The van der Waals surface area contributed by atoms with E-state index in [9.17, 15) is 4.39 Å². The van der Waals surface area contributed by atoms with E-state index in [2.05, 4.69) is 39.2 Å². The first kappa shape index (κ1) is 15.9. The maximum Gasteiger partial charge on any atom is 0.229 e. The van der Waals surface area contributed by atoms with Crippen molar-refractivity contribution in [3.05, 3.63) is 78.2 Å². The van der Waals surface area contributed by atoms with Crippen molar-refractivity contribution in [2.24, 2.45) is 0 Å². The Bertz CT molecular complexity index is 792. The zero-order valence-corrected chi connectivity index (χ0v) is 13.5. The third kappa shape index (κ3) is 4.07. The van der Waals surface area contributed by atoms with E-state index in [0.717, 1.165) is 18.9 Å². The fraction of sp³-hybridized carbons (Fsp3) is 0.158. The third-order valence-electron chi connectivity index (χ3n) is 3.64. The highest BCUT2D eigenvalue weighted by Crippen LogP contribution is 2.18. The molecule has 1 heterocycles. The van der Waals surface area contributed by atoms with E-state index in [1.807, 2.05) is 24.3 Å². The van der Waals surface area contributed by atoms with E-state index in [1.54, 1.807) is 18.3 Å². The van der Waals surface area contributed by atoms with E-state index in [4.69, 9.17) is 0 Å². The van der Waals surface area contributed by atoms with E-state index in [1.165, 1.54) is 17.7 Å². The zero-order valence-electron chi connectivity index (χ0n) is 13.5. The van der Waals surface area contributed by atoms with Gasteiger partial charge in [-0.05, 0) is 36.8 Å². The molecule has 0 fully saturated rings. The van der Waals surface area contributed by atoms with Gasteiger partial charge in [-0.15, -0.1) is 0 Å². The van der Waals surface area contributed by atoms with Crippen LogP contribution in [0.25, 0.3) is 0 Å². The van der Waals surface area contributed by atoms with Gasteiger partial charge in [-0.25, -0.2) is 9.37 Å². The van der Waals surface area contributed by atoms with E-state index < -0.39 is 0 Å². The first-order valence-corrected chi connectivity index (χ1v) is 7.89. The van der Waals surface area contributed by atoms with E-state index >= 15 is 0 Å². The molecule has 0 atom stereocenters. The van der Waals surface area contributed by atoms with Gasteiger partial charge in [0, 0.05) is 25.0 Å². The molecule has 1 N–H and O–H groups in total. The van der Waals surface area contributed by atoms with Crippen molar-refractivity contribution in [3.63, 3.8) is 0 Å². The second-order valence-electron chi connectivity index (χ2n) is 5.37. The molecule has 0 aliphatic heterocycles. The molecule has 2 aromatic carbocycles. The summed E-state index contributed by atoms with van der Waals surface area (Å²) in [4.78, 5) is 10.9. The average molecular weight is 322 g/mol. The minimum absolute atomic E-state index is 0.296. The van der Waals surface area contributed by atoms with Gasteiger partial charge in [0.15, 0.2) is 0 Å². The molecule has 0 unspecified atom stereocenters. The molecule has 122 valence electrons. The quantitative estimate of drug-likeness (QED) is 0.731. The zero-order chi connectivity index (χ0) is 16.8. The van der Waals surface area contributed by atoms with Crippen LogP contribution in [0.4, 0.5) is 21.8 Å². The molecule has 0 saturated carbocycles. The van der Waals surface area contributed by atoms with E-state index in [-0.39, 0.29) is 5.82 Å². The number of hydrogen-bond acceptors (Lipinski definition) is 4. The molecule has 3 rings (SSSR count). The van der Waals surface area contributed by atoms with E-state index in [0.29, 0.717) is 11.6 Å². The lowest BCUT2D eigenvalue weighted by Crippen LogP contribution is -2.23. The lowest BCUT2D eigenvalue weighted by molar-refractivity contribution is 0.628. The Balaban J connectivity index is 1.78. The van der Waals surface area contributed by atoms with Crippen LogP contribution < -0.4 is 10.2 Å². The van der Waals surface area contributed by atoms with Crippen LogP contribution in [-0.2, 0) is 6.54 Å². The highest BCUT2D eigenvalue weighted by Gasteiger charge is 2.08. The summed E-state index contributed by atoms with van der Waals surface area (Å²) in [5.41, 5.74) is 1.84. The molecule has 0 aliphatic carbocycles. The molecule has 0 bridgehead atoms. The van der Waals surface area contributed by atoms with Crippen LogP contribution in [0.2, 0.25) is 0 Å². The Morgan fingerprint density at radius 2 is 1.88 bits per heavy atom. The van der Waals surface area contributed by atoms with Gasteiger partial charge in [-0.3, -0.25) is 0 Å². The Morgan fingerprint density at radius 1 is 1.04 bits per heavy atom. The number of anilines is 3. The number of hydrogen-bond donors (Lipinski definition) is 1. The third-order valence-corrected chi connectivity index (χ3v) is 3.64. The topological polar surface area (TPSA) is 41.1 Å². The van der Waals surface area contributed by atoms with Gasteiger partial charge in [-0.1, -0.05) is 36.4 Å². The van der Waals surface area contributed by atoms with Gasteiger partial charge in [0.2, 0.25) is 5.95 Å². The molecule has 24 heavy (non-hydrogen) atoms. The fourth-order valence-electron chi connectivity index (χ4n) is 2.44. The Morgan fingerprint density at radius 3 is 2.62 bits per heavy atom. The molecule has 3 aromatic rings. The minimum atomic E-state index is -0.296.